The zero-order chi connectivity index (χ0) is 19.0. The first kappa shape index (κ1) is 16.6. The van der Waals surface area contributed by atoms with E-state index in [4.69, 9.17) is 5.11 Å². The molecule has 0 fully saturated rings. The van der Waals surface area contributed by atoms with E-state index in [1.165, 1.54) is 22.7 Å². The second-order valence-electron chi connectivity index (χ2n) is 5.76. The molecule has 2 aromatic carbocycles. The van der Waals surface area contributed by atoms with E-state index >= 15 is 0 Å². The standard InChI is InChI=1S/C19H12F2N4O2/c20-15-8-5-12(10-16(15)21)14-2-1-9-25-17(14)23-19(24-25)22-13-6-3-11(4-7-13)18(26)27/h1-10H,(H,22,24)(H,26,27). The zero-order valence-corrected chi connectivity index (χ0v) is 13.7. The molecule has 0 amide bonds. The van der Waals surface area contributed by atoms with Crippen molar-refractivity contribution in [1.82, 2.24) is 14.6 Å². The molecule has 4 aromatic rings. The minimum absolute atomic E-state index is 0.170. The van der Waals surface area contributed by atoms with Gasteiger partial charge in [-0.1, -0.05) is 6.07 Å². The first-order chi connectivity index (χ1) is 13.0. The number of benzene rings is 2. The maximum atomic E-state index is 13.6. The van der Waals surface area contributed by atoms with Crippen LogP contribution in [0.4, 0.5) is 20.4 Å². The van der Waals surface area contributed by atoms with Gasteiger partial charge in [-0.15, -0.1) is 5.10 Å². The molecule has 4 rings (SSSR count). The molecule has 8 heteroatoms. The lowest BCUT2D eigenvalue weighted by molar-refractivity contribution is 0.0697. The third-order valence-corrected chi connectivity index (χ3v) is 3.98. The van der Waals surface area contributed by atoms with Gasteiger partial charge in [0.2, 0.25) is 5.95 Å². The summed E-state index contributed by atoms with van der Waals surface area (Å²) < 4.78 is 28.3. The summed E-state index contributed by atoms with van der Waals surface area (Å²) >= 11 is 0. The van der Waals surface area contributed by atoms with Crippen molar-refractivity contribution in [3.05, 3.63) is 78.0 Å². The molecule has 0 unspecified atom stereocenters. The number of pyridine rings is 1. The largest absolute Gasteiger partial charge is 0.478 e. The van der Waals surface area contributed by atoms with Crippen LogP contribution >= 0.6 is 0 Å². The van der Waals surface area contributed by atoms with Crippen LogP contribution < -0.4 is 5.32 Å². The summed E-state index contributed by atoms with van der Waals surface area (Å²) in [6.07, 6.45) is 1.68. The van der Waals surface area contributed by atoms with Gasteiger partial charge in [-0.25, -0.2) is 18.1 Å². The third-order valence-electron chi connectivity index (χ3n) is 3.98. The van der Waals surface area contributed by atoms with Crippen LogP contribution in [0.15, 0.2) is 60.8 Å². The maximum absolute atomic E-state index is 13.6. The van der Waals surface area contributed by atoms with E-state index in [-0.39, 0.29) is 11.5 Å². The second kappa shape index (κ2) is 6.49. The molecular formula is C19H12F2N4O2. The molecule has 0 aliphatic heterocycles. The van der Waals surface area contributed by atoms with Crippen molar-refractivity contribution in [2.24, 2.45) is 0 Å². The molecule has 2 aromatic heterocycles. The highest BCUT2D eigenvalue weighted by Crippen LogP contribution is 2.26. The lowest BCUT2D eigenvalue weighted by atomic mass is 10.1. The Morgan fingerprint density at radius 1 is 1.04 bits per heavy atom. The topological polar surface area (TPSA) is 79.5 Å². The smallest absolute Gasteiger partial charge is 0.335 e. The zero-order valence-electron chi connectivity index (χ0n) is 13.7. The Morgan fingerprint density at radius 3 is 2.52 bits per heavy atom. The summed E-state index contributed by atoms with van der Waals surface area (Å²) in [6.45, 7) is 0. The number of aromatic carboxylic acids is 1. The van der Waals surface area contributed by atoms with Gasteiger partial charge in [-0.3, -0.25) is 0 Å². The number of carbonyl (C=O) groups is 1. The van der Waals surface area contributed by atoms with Crippen LogP contribution in [0.25, 0.3) is 16.8 Å². The predicted octanol–water partition coefficient (Wildman–Crippen LogP) is 4.12. The van der Waals surface area contributed by atoms with Crippen LogP contribution in [0.3, 0.4) is 0 Å². The van der Waals surface area contributed by atoms with Gasteiger partial charge < -0.3 is 10.4 Å². The van der Waals surface area contributed by atoms with Crippen LogP contribution in [0.5, 0.6) is 0 Å². The highest BCUT2D eigenvalue weighted by atomic mass is 19.2. The van der Waals surface area contributed by atoms with Gasteiger partial charge in [0.15, 0.2) is 17.3 Å². The van der Waals surface area contributed by atoms with E-state index in [9.17, 15) is 13.6 Å². The van der Waals surface area contributed by atoms with Crippen molar-refractivity contribution in [2.75, 3.05) is 5.32 Å². The minimum atomic E-state index is -1.01. The van der Waals surface area contributed by atoms with Crippen LogP contribution in [0.1, 0.15) is 10.4 Å². The number of nitrogens with one attached hydrogen (secondary N) is 1. The van der Waals surface area contributed by atoms with Gasteiger partial charge in [-0.05, 0) is 54.1 Å². The molecule has 2 N–H and O–H groups in total. The Kier molecular flexibility index (Phi) is 4.00. The predicted molar refractivity (Wildman–Crippen MR) is 95.0 cm³/mol. The number of fused-ring (bicyclic) bond motifs is 1. The normalized spacial score (nSPS) is 10.9. The van der Waals surface area contributed by atoms with Crippen molar-refractivity contribution in [2.45, 2.75) is 0 Å². The van der Waals surface area contributed by atoms with Crippen molar-refractivity contribution < 1.29 is 18.7 Å². The number of halogens is 2. The van der Waals surface area contributed by atoms with Crippen molar-refractivity contribution in [3.8, 4) is 11.1 Å². The van der Waals surface area contributed by atoms with E-state index in [0.29, 0.717) is 22.5 Å². The Bertz CT molecular complexity index is 1160. The molecule has 6 nitrogen and oxygen atoms in total. The van der Waals surface area contributed by atoms with Crippen LogP contribution in [-0.2, 0) is 0 Å². The molecule has 0 radical (unpaired) electrons. The molecule has 0 saturated carbocycles. The molecule has 2 heterocycles. The number of nitrogens with zero attached hydrogens (tertiary/aromatic N) is 3. The van der Waals surface area contributed by atoms with Gasteiger partial charge in [0.05, 0.1) is 5.56 Å². The fourth-order valence-electron chi connectivity index (χ4n) is 2.67. The summed E-state index contributed by atoms with van der Waals surface area (Å²) in [6, 6.07) is 13.2. The number of hydrogen-bond donors (Lipinski definition) is 2. The average Bonchev–Trinajstić information content (AvgIpc) is 3.07. The lowest BCUT2D eigenvalue weighted by Crippen LogP contribution is -1.97. The fourth-order valence-corrected chi connectivity index (χ4v) is 2.67. The molecule has 0 aliphatic rings. The molecule has 0 aliphatic carbocycles. The fraction of sp³-hybridized carbons (Fsp3) is 0. The van der Waals surface area contributed by atoms with Gasteiger partial charge in [0.25, 0.3) is 0 Å². The van der Waals surface area contributed by atoms with Gasteiger partial charge in [-0.2, -0.15) is 4.98 Å². The molecule has 0 saturated heterocycles. The van der Waals surface area contributed by atoms with E-state index in [0.717, 1.165) is 12.1 Å². The highest BCUT2D eigenvalue weighted by molar-refractivity contribution is 5.88. The highest BCUT2D eigenvalue weighted by Gasteiger charge is 2.12. The molecule has 27 heavy (non-hydrogen) atoms. The third kappa shape index (κ3) is 3.20. The molecule has 0 atom stereocenters. The Morgan fingerprint density at radius 2 is 1.81 bits per heavy atom. The van der Waals surface area contributed by atoms with Gasteiger partial charge >= 0.3 is 5.97 Å². The quantitative estimate of drug-likeness (QED) is 0.568. The molecule has 134 valence electrons. The Hall–Kier alpha value is -3.81. The van der Waals surface area contributed by atoms with Crippen LogP contribution in [-0.4, -0.2) is 25.7 Å². The minimum Gasteiger partial charge on any atom is -0.478 e. The average molecular weight is 366 g/mol. The Balaban J connectivity index is 1.70. The summed E-state index contributed by atoms with van der Waals surface area (Å²) in [7, 11) is 0. The van der Waals surface area contributed by atoms with E-state index < -0.39 is 17.6 Å². The monoisotopic (exact) mass is 366 g/mol. The Labute approximate surface area is 151 Å². The molecule has 0 spiro atoms. The summed E-state index contributed by atoms with van der Waals surface area (Å²) in [5.41, 5.74) is 2.32. The SMILES string of the molecule is O=C(O)c1ccc(Nc2nc3c(-c4ccc(F)c(F)c4)cccn3n2)cc1. The summed E-state index contributed by atoms with van der Waals surface area (Å²) in [5, 5.41) is 16.2. The van der Waals surface area contributed by atoms with Gasteiger partial charge in [0, 0.05) is 17.4 Å². The number of hydrogen-bond acceptors (Lipinski definition) is 4. The summed E-state index contributed by atoms with van der Waals surface area (Å²) in [5.74, 6) is -2.58. The number of anilines is 2. The number of carboxylic acid groups (broad SMARTS) is 1. The van der Waals surface area contributed by atoms with Crippen LogP contribution in [0, 0.1) is 11.6 Å². The van der Waals surface area contributed by atoms with Crippen LogP contribution in [0.2, 0.25) is 0 Å². The number of rotatable bonds is 4. The lowest BCUT2D eigenvalue weighted by Gasteiger charge is -2.03. The van der Waals surface area contributed by atoms with Crippen molar-refractivity contribution >= 4 is 23.3 Å². The van der Waals surface area contributed by atoms with E-state index in [2.05, 4.69) is 15.4 Å². The number of carboxylic acids is 1. The van der Waals surface area contributed by atoms with E-state index in [1.54, 1.807) is 30.5 Å². The number of aromatic nitrogens is 3. The summed E-state index contributed by atoms with van der Waals surface area (Å²) in [4.78, 5) is 15.3. The first-order valence-electron chi connectivity index (χ1n) is 7.92. The van der Waals surface area contributed by atoms with Gasteiger partial charge in [0.1, 0.15) is 0 Å². The van der Waals surface area contributed by atoms with Crippen molar-refractivity contribution in [3.63, 3.8) is 0 Å². The van der Waals surface area contributed by atoms with Crippen molar-refractivity contribution in [1.29, 1.82) is 0 Å². The maximum Gasteiger partial charge on any atom is 0.335 e. The van der Waals surface area contributed by atoms with E-state index in [1.807, 2.05) is 0 Å². The molecular weight excluding hydrogens is 354 g/mol. The molecule has 0 bridgehead atoms. The first-order valence-corrected chi connectivity index (χ1v) is 7.92. The second-order valence-corrected chi connectivity index (χ2v) is 5.76.